The summed E-state index contributed by atoms with van der Waals surface area (Å²) in [6.45, 7) is 5.47. The smallest absolute Gasteiger partial charge is 0.246 e. The third-order valence-electron chi connectivity index (χ3n) is 3.37. The van der Waals surface area contributed by atoms with Crippen molar-refractivity contribution >= 4 is 23.4 Å². The summed E-state index contributed by atoms with van der Waals surface area (Å²) < 4.78 is 0. The van der Waals surface area contributed by atoms with E-state index in [-0.39, 0.29) is 18.4 Å². The fourth-order valence-electron chi connectivity index (χ4n) is 2.27. The van der Waals surface area contributed by atoms with Crippen LogP contribution in [0.15, 0.2) is 41.9 Å². The highest BCUT2D eigenvalue weighted by molar-refractivity contribution is 6.29. The number of rotatable bonds is 4. The van der Waals surface area contributed by atoms with Crippen LogP contribution >= 0.6 is 11.6 Å². The van der Waals surface area contributed by atoms with Gasteiger partial charge in [-0.1, -0.05) is 48.5 Å². The van der Waals surface area contributed by atoms with Crippen LogP contribution in [0, 0.1) is 0 Å². The second kappa shape index (κ2) is 6.09. The van der Waals surface area contributed by atoms with Gasteiger partial charge in [0.15, 0.2) is 0 Å². The summed E-state index contributed by atoms with van der Waals surface area (Å²) in [5, 5.41) is 3.11. The number of benzene rings is 1. The molecule has 1 aromatic rings. The molecule has 20 heavy (non-hydrogen) atoms. The summed E-state index contributed by atoms with van der Waals surface area (Å²) in [6, 6.07) is 8.53. The van der Waals surface area contributed by atoms with Gasteiger partial charge in [-0.2, -0.15) is 0 Å². The average molecular weight is 293 g/mol. The number of carbonyl (C=O) groups is 2. The Morgan fingerprint density at radius 1 is 1.35 bits per heavy atom. The molecule has 1 saturated heterocycles. The van der Waals surface area contributed by atoms with E-state index in [4.69, 9.17) is 11.6 Å². The van der Waals surface area contributed by atoms with Crippen molar-refractivity contribution in [3.8, 4) is 0 Å². The molecular weight excluding hydrogens is 276 g/mol. The van der Waals surface area contributed by atoms with E-state index in [0.29, 0.717) is 11.5 Å². The Bertz CT molecular complexity index is 530. The number of halogens is 1. The zero-order valence-corrected chi connectivity index (χ0v) is 12.1. The number of hydrogen-bond donors (Lipinski definition) is 1. The van der Waals surface area contributed by atoms with Gasteiger partial charge in [0.2, 0.25) is 11.8 Å². The highest BCUT2D eigenvalue weighted by atomic mass is 35.5. The van der Waals surface area contributed by atoms with Gasteiger partial charge in [-0.25, -0.2) is 0 Å². The van der Waals surface area contributed by atoms with Gasteiger partial charge >= 0.3 is 0 Å². The molecule has 2 atom stereocenters. The van der Waals surface area contributed by atoms with E-state index in [2.05, 4.69) is 11.9 Å². The second-order valence-corrected chi connectivity index (χ2v) is 5.44. The fourth-order valence-corrected chi connectivity index (χ4v) is 2.40. The van der Waals surface area contributed by atoms with Crippen molar-refractivity contribution in [2.24, 2.45) is 0 Å². The molecule has 5 heteroatoms. The average Bonchev–Trinajstić information content (AvgIpc) is 2.42. The first kappa shape index (κ1) is 14.6. The first-order valence-electron chi connectivity index (χ1n) is 6.47. The zero-order chi connectivity index (χ0) is 14.7. The Hall–Kier alpha value is -1.81. The van der Waals surface area contributed by atoms with Gasteiger partial charge in [0.25, 0.3) is 0 Å². The van der Waals surface area contributed by atoms with Crippen molar-refractivity contribution in [2.75, 3.05) is 6.54 Å². The molecule has 0 aromatic heterocycles. The van der Waals surface area contributed by atoms with Crippen molar-refractivity contribution < 1.29 is 9.59 Å². The van der Waals surface area contributed by atoms with Gasteiger partial charge in [-0.15, -0.1) is 0 Å². The number of hydrogen-bond acceptors (Lipinski definition) is 2. The van der Waals surface area contributed by atoms with Gasteiger partial charge in [0.1, 0.15) is 12.1 Å². The lowest BCUT2D eigenvalue weighted by molar-refractivity contribution is -0.147. The SMILES string of the molecule is C=C(Cl)CN1C(=O)C(Cc2ccccc2)NC(=O)C1C. The van der Waals surface area contributed by atoms with Gasteiger partial charge < -0.3 is 10.2 Å². The van der Waals surface area contributed by atoms with Crippen molar-refractivity contribution in [3.63, 3.8) is 0 Å². The van der Waals surface area contributed by atoms with Crippen molar-refractivity contribution in [2.45, 2.75) is 25.4 Å². The number of carbonyl (C=O) groups excluding carboxylic acids is 2. The molecule has 1 N–H and O–H groups in total. The topological polar surface area (TPSA) is 49.4 Å². The summed E-state index contributed by atoms with van der Waals surface area (Å²) in [4.78, 5) is 25.9. The van der Waals surface area contributed by atoms with Crippen LogP contribution in [0.3, 0.4) is 0 Å². The van der Waals surface area contributed by atoms with Crippen LogP contribution in [-0.2, 0) is 16.0 Å². The Kier molecular flexibility index (Phi) is 4.45. The highest BCUT2D eigenvalue weighted by Crippen LogP contribution is 2.16. The monoisotopic (exact) mass is 292 g/mol. The molecule has 0 spiro atoms. The lowest BCUT2D eigenvalue weighted by Gasteiger charge is -2.37. The quantitative estimate of drug-likeness (QED) is 0.918. The van der Waals surface area contributed by atoms with Crippen LogP contribution in [0.25, 0.3) is 0 Å². The minimum Gasteiger partial charge on any atom is -0.342 e. The van der Waals surface area contributed by atoms with Crippen LogP contribution in [-0.4, -0.2) is 35.3 Å². The molecule has 0 radical (unpaired) electrons. The maximum Gasteiger partial charge on any atom is 0.246 e. The van der Waals surface area contributed by atoms with Crippen LogP contribution in [0.2, 0.25) is 0 Å². The number of nitrogens with zero attached hydrogens (tertiary/aromatic N) is 1. The molecule has 1 fully saturated rings. The molecule has 2 rings (SSSR count). The molecule has 2 amide bonds. The van der Waals surface area contributed by atoms with Crippen LogP contribution < -0.4 is 5.32 Å². The number of nitrogens with one attached hydrogen (secondary N) is 1. The minimum absolute atomic E-state index is 0.122. The third kappa shape index (κ3) is 3.20. The third-order valence-corrected chi connectivity index (χ3v) is 3.49. The maximum atomic E-state index is 12.4. The summed E-state index contributed by atoms with van der Waals surface area (Å²) in [5.74, 6) is -0.286. The molecule has 1 aliphatic rings. The van der Waals surface area contributed by atoms with Crippen LogP contribution in [0.5, 0.6) is 0 Å². The maximum absolute atomic E-state index is 12.4. The van der Waals surface area contributed by atoms with Gasteiger partial charge in [-0.05, 0) is 12.5 Å². The predicted octanol–water partition coefficient (Wildman–Crippen LogP) is 1.70. The molecule has 1 heterocycles. The van der Waals surface area contributed by atoms with E-state index in [1.807, 2.05) is 30.3 Å². The van der Waals surface area contributed by atoms with E-state index in [0.717, 1.165) is 5.56 Å². The Morgan fingerprint density at radius 3 is 2.60 bits per heavy atom. The van der Waals surface area contributed by atoms with E-state index < -0.39 is 12.1 Å². The van der Waals surface area contributed by atoms with Crippen molar-refractivity contribution in [1.29, 1.82) is 0 Å². The van der Waals surface area contributed by atoms with Gasteiger partial charge in [0.05, 0.1) is 6.54 Å². The molecule has 1 aliphatic heterocycles. The number of amides is 2. The standard InChI is InChI=1S/C15H17ClN2O2/c1-10(16)9-18-11(2)14(19)17-13(15(18)20)8-12-6-4-3-5-7-12/h3-7,11,13H,1,8-9H2,2H3,(H,17,19). The molecule has 0 bridgehead atoms. The molecule has 0 aliphatic carbocycles. The normalized spacial score (nSPS) is 22.6. The van der Waals surface area contributed by atoms with Gasteiger partial charge in [0, 0.05) is 11.5 Å². The molecule has 1 aromatic carbocycles. The highest BCUT2D eigenvalue weighted by Gasteiger charge is 2.37. The summed E-state index contributed by atoms with van der Waals surface area (Å²) in [6.07, 6.45) is 0.476. The van der Waals surface area contributed by atoms with E-state index in [9.17, 15) is 9.59 Å². The second-order valence-electron chi connectivity index (χ2n) is 4.91. The molecule has 106 valence electrons. The Morgan fingerprint density at radius 2 is 2.00 bits per heavy atom. The largest absolute Gasteiger partial charge is 0.342 e. The summed E-state index contributed by atoms with van der Waals surface area (Å²) >= 11 is 5.78. The molecule has 4 nitrogen and oxygen atoms in total. The predicted molar refractivity (Wildman–Crippen MR) is 78.2 cm³/mol. The van der Waals surface area contributed by atoms with E-state index in [1.54, 1.807) is 6.92 Å². The van der Waals surface area contributed by atoms with Gasteiger partial charge in [-0.3, -0.25) is 9.59 Å². The fraction of sp³-hybridized carbons (Fsp3) is 0.333. The molecular formula is C15H17ClN2O2. The van der Waals surface area contributed by atoms with Crippen molar-refractivity contribution in [1.82, 2.24) is 10.2 Å². The van der Waals surface area contributed by atoms with Crippen LogP contribution in [0.4, 0.5) is 0 Å². The summed E-state index contributed by atoms with van der Waals surface area (Å²) in [5.41, 5.74) is 1.00. The molecule has 2 unspecified atom stereocenters. The van der Waals surface area contributed by atoms with Crippen LogP contribution in [0.1, 0.15) is 12.5 Å². The minimum atomic E-state index is -0.544. The zero-order valence-electron chi connectivity index (χ0n) is 11.3. The lowest BCUT2D eigenvalue weighted by atomic mass is 10.0. The van der Waals surface area contributed by atoms with E-state index in [1.165, 1.54) is 4.90 Å². The van der Waals surface area contributed by atoms with E-state index >= 15 is 0 Å². The first-order valence-corrected chi connectivity index (χ1v) is 6.85. The Labute approximate surface area is 123 Å². The first-order chi connectivity index (χ1) is 9.49. The lowest BCUT2D eigenvalue weighted by Crippen LogP contribution is -2.63. The molecule has 0 saturated carbocycles. The summed E-state index contributed by atoms with van der Waals surface area (Å²) in [7, 11) is 0. The van der Waals surface area contributed by atoms with Crippen molar-refractivity contribution in [3.05, 3.63) is 47.5 Å². The number of piperazine rings is 1. The Balaban J connectivity index is 2.15.